The zero-order valence-electron chi connectivity index (χ0n) is 13.8. The third-order valence-electron chi connectivity index (χ3n) is 3.42. The molecule has 134 valence electrons. The van der Waals surface area contributed by atoms with Gasteiger partial charge in [-0.05, 0) is 25.5 Å². The number of ether oxygens (including phenoxy) is 1. The molecular formula is C17H22F3NO3. The molecule has 0 aliphatic carbocycles. The summed E-state index contributed by atoms with van der Waals surface area (Å²) in [7, 11) is 0. The minimum atomic E-state index is -4.64. The first-order chi connectivity index (χ1) is 11.3. The lowest BCUT2D eigenvalue weighted by atomic mass is 10.1. The number of esters is 1. The average molecular weight is 345 g/mol. The molecule has 24 heavy (non-hydrogen) atoms. The fourth-order valence-corrected chi connectivity index (χ4v) is 2.09. The van der Waals surface area contributed by atoms with Crippen molar-refractivity contribution in [2.45, 2.75) is 51.7 Å². The highest BCUT2D eigenvalue weighted by Crippen LogP contribution is 2.31. The summed E-state index contributed by atoms with van der Waals surface area (Å²) >= 11 is 0. The molecule has 0 aliphatic rings. The van der Waals surface area contributed by atoms with Crippen molar-refractivity contribution in [2.75, 3.05) is 6.61 Å². The predicted molar refractivity (Wildman–Crippen MR) is 83.5 cm³/mol. The van der Waals surface area contributed by atoms with Crippen LogP contribution in [-0.2, 0) is 15.7 Å². The Kier molecular flexibility index (Phi) is 7.74. The lowest BCUT2D eigenvalue weighted by Gasteiger charge is -2.16. The molecule has 0 saturated heterocycles. The van der Waals surface area contributed by atoms with Gasteiger partial charge in [-0.2, -0.15) is 13.2 Å². The van der Waals surface area contributed by atoms with Crippen LogP contribution >= 0.6 is 0 Å². The van der Waals surface area contributed by atoms with E-state index in [4.69, 9.17) is 4.74 Å². The number of hydrogen-bond acceptors (Lipinski definition) is 3. The van der Waals surface area contributed by atoms with E-state index >= 15 is 0 Å². The number of rotatable bonds is 8. The molecule has 0 aromatic heterocycles. The van der Waals surface area contributed by atoms with Crippen LogP contribution in [0.3, 0.4) is 0 Å². The molecule has 0 bridgehead atoms. The maximum Gasteiger partial charge on any atom is 0.417 e. The summed E-state index contributed by atoms with van der Waals surface area (Å²) in [6.07, 6.45) is -0.894. The minimum absolute atomic E-state index is 0.234. The van der Waals surface area contributed by atoms with Gasteiger partial charge in [0.05, 0.1) is 17.7 Å². The molecule has 0 fully saturated rings. The van der Waals surface area contributed by atoms with Crippen LogP contribution in [0.5, 0.6) is 0 Å². The van der Waals surface area contributed by atoms with Gasteiger partial charge in [-0.15, -0.1) is 0 Å². The molecule has 1 aromatic carbocycles. The van der Waals surface area contributed by atoms with Gasteiger partial charge in [-0.25, -0.2) is 4.79 Å². The quantitative estimate of drug-likeness (QED) is 0.573. The van der Waals surface area contributed by atoms with Gasteiger partial charge >= 0.3 is 12.1 Å². The second-order valence-electron chi connectivity index (χ2n) is 5.47. The number of hydrogen-bond donors (Lipinski definition) is 1. The van der Waals surface area contributed by atoms with E-state index in [1.54, 1.807) is 0 Å². The van der Waals surface area contributed by atoms with Crippen LogP contribution in [0, 0.1) is 0 Å². The third-order valence-corrected chi connectivity index (χ3v) is 3.42. The van der Waals surface area contributed by atoms with Gasteiger partial charge in [0.1, 0.15) is 6.04 Å². The Bertz CT molecular complexity index is 558. The van der Waals surface area contributed by atoms with Gasteiger partial charge in [-0.3, -0.25) is 4.79 Å². The number of benzene rings is 1. The fraction of sp³-hybridized carbons (Fsp3) is 0.529. The monoisotopic (exact) mass is 345 g/mol. The highest BCUT2D eigenvalue weighted by atomic mass is 19.4. The molecule has 1 rings (SSSR count). The molecule has 0 spiro atoms. The number of nitrogens with one attached hydrogen (secondary N) is 1. The molecule has 1 aromatic rings. The SMILES string of the molecule is CCCCCCOC(=O)[C@H](C)NC(=O)c1ccccc1C(F)(F)F. The first kappa shape index (κ1) is 20.0. The number of amides is 1. The Morgan fingerprint density at radius 2 is 1.83 bits per heavy atom. The van der Waals surface area contributed by atoms with Crippen molar-refractivity contribution >= 4 is 11.9 Å². The Hall–Kier alpha value is -2.05. The molecule has 1 atom stereocenters. The zero-order valence-corrected chi connectivity index (χ0v) is 13.8. The summed E-state index contributed by atoms with van der Waals surface area (Å²) in [6.45, 7) is 3.67. The molecular weight excluding hydrogens is 323 g/mol. The van der Waals surface area contributed by atoms with Crippen molar-refractivity contribution in [3.63, 3.8) is 0 Å². The van der Waals surface area contributed by atoms with E-state index in [1.807, 2.05) is 0 Å². The van der Waals surface area contributed by atoms with Gasteiger partial charge in [0.2, 0.25) is 0 Å². The zero-order chi connectivity index (χ0) is 18.2. The number of carbonyl (C=O) groups excluding carboxylic acids is 2. The summed E-state index contributed by atoms with van der Waals surface area (Å²) in [5.41, 5.74) is -1.56. The summed E-state index contributed by atoms with van der Waals surface area (Å²) < 4.78 is 43.7. The normalized spacial score (nSPS) is 12.5. The summed E-state index contributed by atoms with van der Waals surface area (Å²) in [5.74, 6) is -1.62. The third kappa shape index (κ3) is 6.22. The predicted octanol–water partition coefficient (Wildman–Crippen LogP) is 3.95. The van der Waals surface area contributed by atoms with Crippen LogP contribution in [0.2, 0.25) is 0 Å². The summed E-state index contributed by atoms with van der Waals surface area (Å²) in [5, 5.41) is 2.25. The Labute approximate surface area is 139 Å². The minimum Gasteiger partial charge on any atom is -0.464 e. The van der Waals surface area contributed by atoms with Crippen LogP contribution in [0.4, 0.5) is 13.2 Å². The molecule has 7 heteroatoms. The first-order valence-electron chi connectivity index (χ1n) is 7.91. The Balaban J connectivity index is 2.60. The topological polar surface area (TPSA) is 55.4 Å². The van der Waals surface area contributed by atoms with Crippen molar-refractivity contribution < 1.29 is 27.5 Å². The lowest BCUT2D eigenvalue weighted by Crippen LogP contribution is -2.40. The van der Waals surface area contributed by atoms with Crippen molar-refractivity contribution in [3.05, 3.63) is 35.4 Å². The van der Waals surface area contributed by atoms with E-state index in [2.05, 4.69) is 12.2 Å². The fourth-order valence-electron chi connectivity index (χ4n) is 2.09. The van der Waals surface area contributed by atoms with Crippen molar-refractivity contribution in [1.82, 2.24) is 5.32 Å². The van der Waals surface area contributed by atoms with Gasteiger partial charge in [0.25, 0.3) is 5.91 Å². The largest absolute Gasteiger partial charge is 0.464 e. The molecule has 0 heterocycles. The van der Waals surface area contributed by atoms with Gasteiger partial charge < -0.3 is 10.1 Å². The van der Waals surface area contributed by atoms with Gasteiger partial charge in [-0.1, -0.05) is 38.3 Å². The highest BCUT2D eigenvalue weighted by Gasteiger charge is 2.35. The average Bonchev–Trinajstić information content (AvgIpc) is 2.53. The first-order valence-corrected chi connectivity index (χ1v) is 7.91. The van der Waals surface area contributed by atoms with Crippen LogP contribution in [0.15, 0.2) is 24.3 Å². The molecule has 1 N–H and O–H groups in total. The van der Waals surface area contributed by atoms with Crippen molar-refractivity contribution in [1.29, 1.82) is 0 Å². The van der Waals surface area contributed by atoms with Gasteiger partial charge in [0.15, 0.2) is 0 Å². The Morgan fingerprint density at radius 3 is 2.46 bits per heavy atom. The van der Waals surface area contributed by atoms with Crippen molar-refractivity contribution in [3.8, 4) is 0 Å². The molecule has 1 amide bonds. The number of alkyl halides is 3. The van der Waals surface area contributed by atoms with E-state index in [0.29, 0.717) is 0 Å². The second kappa shape index (κ2) is 9.30. The van der Waals surface area contributed by atoms with Crippen LogP contribution < -0.4 is 5.32 Å². The highest BCUT2D eigenvalue weighted by molar-refractivity contribution is 5.98. The molecule has 0 saturated carbocycles. The standard InChI is InChI=1S/C17H22F3NO3/c1-3-4-5-8-11-24-16(23)12(2)21-15(22)13-9-6-7-10-14(13)17(18,19)20/h6-7,9-10,12H,3-5,8,11H2,1-2H3,(H,21,22)/t12-/m0/s1. The van der Waals surface area contributed by atoms with Crippen LogP contribution in [0.1, 0.15) is 55.5 Å². The van der Waals surface area contributed by atoms with E-state index < -0.39 is 35.2 Å². The Morgan fingerprint density at radius 1 is 1.17 bits per heavy atom. The van der Waals surface area contributed by atoms with E-state index in [-0.39, 0.29) is 6.61 Å². The van der Waals surface area contributed by atoms with Crippen molar-refractivity contribution in [2.24, 2.45) is 0 Å². The van der Waals surface area contributed by atoms with Crippen LogP contribution in [0.25, 0.3) is 0 Å². The smallest absolute Gasteiger partial charge is 0.417 e. The number of unbranched alkanes of at least 4 members (excludes halogenated alkanes) is 3. The molecule has 4 nitrogen and oxygen atoms in total. The summed E-state index contributed by atoms with van der Waals surface area (Å²) in [6, 6.07) is 3.41. The van der Waals surface area contributed by atoms with Gasteiger partial charge in [0, 0.05) is 0 Å². The molecule has 0 unspecified atom stereocenters. The second-order valence-corrected chi connectivity index (χ2v) is 5.47. The summed E-state index contributed by atoms with van der Waals surface area (Å²) in [4.78, 5) is 23.8. The number of halogens is 3. The maximum atomic E-state index is 12.9. The number of carbonyl (C=O) groups is 2. The lowest BCUT2D eigenvalue weighted by molar-refractivity contribution is -0.145. The molecule has 0 aliphatic heterocycles. The molecule has 0 radical (unpaired) electrons. The maximum absolute atomic E-state index is 12.9. The van der Waals surface area contributed by atoms with Crippen LogP contribution in [-0.4, -0.2) is 24.5 Å². The van der Waals surface area contributed by atoms with E-state index in [1.165, 1.54) is 19.1 Å². The van der Waals surface area contributed by atoms with E-state index in [0.717, 1.165) is 37.8 Å². The van der Waals surface area contributed by atoms with E-state index in [9.17, 15) is 22.8 Å².